The van der Waals surface area contributed by atoms with E-state index in [0.717, 1.165) is 68.3 Å². The first-order chi connectivity index (χ1) is 15.5. The van der Waals surface area contributed by atoms with Crippen LogP contribution in [0.15, 0.2) is 42.7 Å². The molecule has 32 heavy (non-hydrogen) atoms. The highest BCUT2D eigenvalue weighted by Crippen LogP contribution is 2.27. The molecule has 0 bridgehead atoms. The third-order valence-electron chi connectivity index (χ3n) is 5.88. The minimum Gasteiger partial charge on any atom is -0.490 e. The van der Waals surface area contributed by atoms with E-state index in [4.69, 9.17) is 9.47 Å². The van der Waals surface area contributed by atoms with Gasteiger partial charge in [0, 0.05) is 32.3 Å². The Morgan fingerprint density at radius 2 is 1.91 bits per heavy atom. The summed E-state index contributed by atoms with van der Waals surface area (Å²) in [5, 5.41) is 7.47. The third kappa shape index (κ3) is 4.58. The number of halogens is 2. The van der Waals surface area contributed by atoms with Crippen LogP contribution in [0.25, 0.3) is 5.69 Å². The summed E-state index contributed by atoms with van der Waals surface area (Å²) in [4.78, 5) is 6.71. The Morgan fingerprint density at radius 1 is 1.09 bits per heavy atom. The van der Waals surface area contributed by atoms with Gasteiger partial charge in [0.15, 0.2) is 11.6 Å². The van der Waals surface area contributed by atoms with Crippen LogP contribution in [-0.2, 0) is 4.74 Å². The van der Waals surface area contributed by atoms with Crippen LogP contribution in [0.3, 0.4) is 0 Å². The van der Waals surface area contributed by atoms with Gasteiger partial charge in [-0.25, -0.2) is 13.5 Å². The van der Waals surface area contributed by atoms with Crippen molar-refractivity contribution in [2.24, 2.45) is 0 Å². The molecule has 7 nitrogen and oxygen atoms in total. The molecule has 0 aliphatic carbocycles. The number of hydrogen-bond donors (Lipinski definition) is 1. The minimum atomic E-state index is -0.931. The summed E-state index contributed by atoms with van der Waals surface area (Å²) in [6.07, 6.45) is 3.62. The van der Waals surface area contributed by atoms with Gasteiger partial charge in [-0.15, -0.1) is 5.10 Å². The van der Waals surface area contributed by atoms with E-state index in [2.05, 4.69) is 20.3 Å². The summed E-state index contributed by atoms with van der Waals surface area (Å²) in [6, 6.07) is 10.1. The molecule has 2 saturated heterocycles. The molecule has 170 valence electrons. The minimum absolute atomic E-state index is 0. The topological polar surface area (TPSA) is 64.4 Å². The molecule has 0 atom stereocenters. The van der Waals surface area contributed by atoms with Gasteiger partial charge in [0.05, 0.1) is 24.9 Å². The molecule has 0 radical (unpaired) electrons. The average molecular weight is 443 g/mol. The maximum Gasteiger partial charge on any atom is 0.246 e. The molecule has 2 aliphatic rings. The number of rotatable bonds is 6. The SMILES string of the molecule is Cc1cc(Nc2ncn(-c3ccc(F)c(F)c3)n2)cc(OC2CCN(C3COC3)CC2)c1.[HH]. The molecule has 3 heterocycles. The van der Waals surface area contributed by atoms with Crippen molar-refractivity contribution in [3.05, 3.63) is 59.9 Å². The van der Waals surface area contributed by atoms with E-state index in [0.29, 0.717) is 17.7 Å². The summed E-state index contributed by atoms with van der Waals surface area (Å²) in [5.41, 5.74) is 2.23. The number of piperidine rings is 1. The highest BCUT2D eigenvalue weighted by molar-refractivity contribution is 5.57. The second-order valence-electron chi connectivity index (χ2n) is 8.32. The van der Waals surface area contributed by atoms with Crippen molar-refractivity contribution in [1.29, 1.82) is 0 Å². The van der Waals surface area contributed by atoms with Crippen LogP contribution in [0.4, 0.5) is 20.4 Å². The quantitative estimate of drug-likeness (QED) is 0.619. The molecular formula is C23H27F2N5O2. The number of nitrogens with zero attached hydrogens (tertiary/aromatic N) is 4. The molecule has 2 fully saturated rings. The first kappa shape index (κ1) is 20.8. The Bertz CT molecular complexity index is 1100. The second kappa shape index (κ2) is 8.84. The number of hydrogen-bond acceptors (Lipinski definition) is 6. The standard InChI is InChI=1S/C23H25F2N5O2.H2/c1-15-8-16(27-23-26-14-30(28-23)17-2-3-21(24)22(25)11-17)10-20(9-15)32-19-4-6-29(7-5-19)18-12-31-13-18;/h2-3,8-11,14,18-19H,4-7,12-13H2,1H3,(H,27,28);1H. The summed E-state index contributed by atoms with van der Waals surface area (Å²) >= 11 is 0. The van der Waals surface area contributed by atoms with Crippen molar-refractivity contribution in [2.45, 2.75) is 31.9 Å². The number of anilines is 2. The number of ether oxygens (including phenoxy) is 2. The zero-order valence-electron chi connectivity index (χ0n) is 17.8. The molecule has 9 heteroatoms. The molecule has 2 aliphatic heterocycles. The van der Waals surface area contributed by atoms with Crippen LogP contribution in [0.5, 0.6) is 5.75 Å². The van der Waals surface area contributed by atoms with Crippen LogP contribution in [0.1, 0.15) is 19.8 Å². The van der Waals surface area contributed by atoms with Gasteiger partial charge in [-0.2, -0.15) is 4.98 Å². The predicted octanol–water partition coefficient (Wildman–Crippen LogP) is 4.09. The molecule has 0 amide bonds. The zero-order valence-corrected chi connectivity index (χ0v) is 17.8. The summed E-state index contributed by atoms with van der Waals surface area (Å²) in [7, 11) is 0. The molecule has 0 spiro atoms. The lowest BCUT2D eigenvalue weighted by atomic mass is 10.0. The van der Waals surface area contributed by atoms with E-state index >= 15 is 0 Å². The van der Waals surface area contributed by atoms with E-state index < -0.39 is 11.6 Å². The molecular weight excluding hydrogens is 416 g/mol. The third-order valence-corrected chi connectivity index (χ3v) is 5.88. The molecule has 0 saturated carbocycles. The number of aryl methyl sites for hydroxylation is 1. The van der Waals surface area contributed by atoms with Crippen molar-refractivity contribution in [3.63, 3.8) is 0 Å². The first-order valence-corrected chi connectivity index (χ1v) is 10.8. The summed E-state index contributed by atoms with van der Waals surface area (Å²) < 4.78 is 39.6. The number of likely N-dealkylation sites (tertiary alicyclic amines) is 1. The van der Waals surface area contributed by atoms with Crippen molar-refractivity contribution < 1.29 is 19.7 Å². The fourth-order valence-electron chi connectivity index (χ4n) is 4.07. The molecule has 1 N–H and O–H groups in total. The Balaban J connectivity index is 0.00000259. The van der Waals surface area contributed by atoms with Crippen molar-refractivity contribution in [1.82, 2.24) is 19.7 Å². The molecule has 0 unspecified atom stereocenters. The van der Waals surface area contributed by atoms with E-state index in [1.807, 2.05) is 25.1 Å². The van der Waals surface area contributed by atoms with Gasteiger partial charge in [-0.1, -0.05) is 0 Å². The van der Waals surface area contributed by atoms with Gasteiger partial charge in [0.1, 0.15) is 18.2 Å². The number of benzene rings is 2. The largest absolute Gasteiger partial charge is 0.490 e. The Kier molecular flexibility index (Phi) is 5.75. The highest BCUT2D eigenvalue weighted by Gasteiger charge is 2.30. The predicted molar refractivity (Wildman–Crippen MR) is 118 cm³/mol. The van der Waals surface area contributed by atoms with Crippen LogP contribution < -0.4 is 10.1 Å². The van der Waals surface area contributed by atoms with Crippen molar-refractivity contribution >= 4 is 11.6 Å². The fraction of sp³-hybridized carbons (Fsp3) is 0.391. The summed E-state index contributed by atoms with van der Waals surface area (Å²) in [6.45, 7) is 5.75. The monoisotopic (exact) mass is 443 g/mol. The number of aromatic nitrogens is 3. The Hall–Kier alpha value is -3.04. The summed E-state index contributed by atoms with van der Waals surface area (Å²) in [5.74, 6) is -0.678. The van der Waals surface area contributed by atoms with Crippen molar-refractivity contribution in [2.75, 3.05) is 31.6 Å². The maximum atomic E-state index is 13.5. The van der Waals surface area contributed by atoms with Crippen LogP contribution >= 0.6 is 0 Å². The van der Waals surface area contributed by atoms with Gasteiger partial charge in [0.2, 0.25) is 5.95 Å². The zero-order chi connectivity index (χ0) is 22.1. The molecule has 5 rings (SSSR count). The molecule has 2 aromatic carbocycles. The Morgan fingerprint density at radius 3 is 2.62 bits per heavy atom. The second-order valence-corrected chi connectivity index (χ2v) is 8.32. The van der Waals surface area contributed by atoms with Gasteiger partial charge in [0.25, 0.3) is 0 Å². The normalized spacial score (nSPS) is 17.8. The van der Waals surface area contributed by atoms with Crippen LogP contribution in [-0.4, -0.2) is 58.1 Å². The fourth-order valence-corrected chi connectivity index (χ4v) is 4.07. The van der Waals surface area contributed by atoms with Crippen LogP contribution in [0, 0.1) is 18.6 Å². The lowest BCUT2D eigenvalue weighted by molar-refractivity contribution is -0.0778. The van der Waals surface area contributed by atoms with E-state index in [1.54, 1.807) is 0 Å². The van der Waals surface area contributed by atoms with Gasteiger partial charge in [-0.05, 0) is 49.6 Å². The Labute approximate surface area is 186 Å². The van der Waals surface area contributed by atoms with E-state index in [-0.39, 0.29) is 7.53 Å². The van der Waals surface area contributed by atoms with E-state index in [9.17, 15) is 8.78 Å². The highest BCUT2D eigenvalue weighted by atomic mass is 19.2. The average Bonchev–Trinajstić information content (AvgIpc) is 3.18. The lowest BCUT2D eigenvalue weighted by Gasteiger charge is -2.41. The smallest absolute Gasteiger partial charge is 0.246 e. The molecule has 1 aromatic heterocycles. The van der Waals surface area contributed by atoms with Gasteiger partial charge >= 0.3 is 0 Å². The van der Waals surface area contributed by atoms with E-state index in [1.165, 1.54) is 17.1 Å². The van der Waals surface area contributed by atoms with Gasteiger partial charge in [-0.3, -0.25) is 4.90 Å². The lowest BCUT2D eigenvalue weighted by Crippen LogP contribution is -2.52. The number of nitrogens with one attached hydrogen (secondary N) is 1. The van der Waals surface area contributed by atoms with Gasteiger partial charge < -0.3 is 14.8 Å². The van der Waals surface area contributed by atoms with Crippen LogP contribution in [0.2, 0.25) is 0 Å². The first-order valence-electron chi connectivity index (χ1n) is 10.8. The molecule has 3 aromatic rings. The maximum absolute atomic E-state index is 13.5. The van der Waals surface area contributed by atoms with Crippen molar-refractivity contribution in [3.8, 4) is 11.4 Å².